The van der Waals surface area contributed by atoms with E-state index in [1.807, 2.05) is 0 Å². The normalized spacial score (nSPS) is 15.8. The van der Waals surface area contributed by atoms with Crippen LogP contribution in [0.25, 0.3) is 5.69 Å². The van der Waals surface area contributed by atoms with Gasteiger partial charge in [0.2, 0.25) is 10.0 Å². The highest BCUT2D eigenvalue weighted by molar-refractivity contribution is 7.90. The van der Waals surface area contributed by atoms with Gasteiger partial charge >= 0.3 is 6.18 Å². The average Bonchev–Trinajstić information content (AvgIpc) is 3.25. The first kappa shape index (κ1) is 15.9. The van der Waals surface area contributed by atoms with Gasteiger partial charge in [0.25, 0.3) is 0 Å². The molecule has 124 valence electrons. The number of aromatic nitrogens is 3. The number of hydrogen-bond acceptors (Lipinski definition) is 4. The van der Waals surface area contributed by atoms with Gasteiger partial charge in [-0.15, -0.1) is 5.10 Å². The lowest BCUT2D eigenvalue weighted by atomic mass is 10.1. The maximum Gasteiger partial charge on any atom is 0.418 e. The van der Waals surface area contributed by atoms with Crippen molar-refractivity contribution >= 4 is 10.0 Å². The molecule has 0 spiro atoms. The van der Waals surface area contributed by atoms with E-state index in [0.717, 1.165) is 10.7 Å². The average molecular weight is 346 g/mol. The summed E-state index contributed by atoms with van der Waals surface area (Å²) >= 11 is 0. The van der Waals surface area contributed by atoms with Gasteiger partial charge in [-0.1, -0.05) is 17.3 Å². The molecule has 1 aliphatic carbocycles. The van der Waals surface area contributed by atoms with Gasteiger partial charge in [-0.2, -0.15) is 13.2 Å². The summed E-state index contributed by atoms with van der Waals surface area (Å²) in [5.74, 6) is 0. The van der Waals surface area contributed by atoms with Gasteiger partial charge < -0.3 is 0 Å². The van der Waals surface area contributed by atoms with Gasteiger partial charge in [0.05, 0.1) is 34.9 Å². The number of halogens is 3. The number of sulfonamides is 1. The molecule has 0 amide bonds. The van der Waals surface area contributed by atoms with E-state index in [2.05, 4.69) is 15.0 Å². The Labute approximate surface area is 130 Å². The molecular weight excluding hydrogens is 333 g/mol. The zero-order chi connectivity index (χ0) is 16.7. The molecule has 6 nitrogen and oxygen atoms in total. The predicted octanol–water partition coefficient (Wildman–Crippen LogP) is 1.87. The zero-order valence-electron chi connectivity index (χ0n) is 11.8. The maximum atomic E-state index is 13.0. The fraction of sp³-hybridized carbons (Fsp3) is 0.385. The molecule has 2 aromatic rings. The third kappa shape index (κ3) is 3.53. The van der Waals surface area contributed by atoms with Crippen molar-refractivity contribution in [3.63, 3.8) is 0 Å². The van der Waals surface area contributed by atoms with Crippen LogP contribution in [0.1, 0.15) is 24.1 Å². The van der Waals surface area contributed by atoms with Crippen LogP contribution in [0.4, 0.5) is 13.2 Å². The lowest BCUT2D eigenvalue weighted by Gasteiger charge is -2.11. The van der Waals surface area contributed by atoms with Crippen molar-refractivity contribution in [2.75, 3.05) is 0 Å². The molecule has 1 aromatic carbocycles. The van der Waals surface area contributed by atoms with E-state index < -0.39 is 21.8 Å². The van der Waals surface area contributed by atoms with E-state index in [9.17, 15) is 21.6 Å². The van der Waals surface area contributed by atoms with Gasteiger partial charge in [-0.25, -0.2) is 17.8 Å². The molecule has 3 rings (SSSR count). The number of nitrogens with zero attached hydrogens (tertiary/aromatic N) is 3. The number of benzene rings is 1. The molecule has 1 saturated carbocycles. The third-order valence-corrected chi connectivity index (χ3v) is 5.31. The summed E-state index contributed by atoms with van der Waals surface area (Å²) in [4.78, 5) is 0. The molecule has 0 bridgehead atoms. The van der Waals surface area contributed by atoms with Crippen molar-refractivity contribution in [3.8, 4) is 5.69 Å². The molecule has 1 aliphatic rings. The monoisotopic (exact) mass is 346 g/mol. The highest BCUT2D eigenvalue weighted by atomic mass is 32.2. The van der Waals surface area contributed by atoms with Crippen LogP contribution < -0.4 is 4.72 Å². The van der Waals surface area contributed by atoms with Crippen LogP contribution in [-0.2, 0) is 22.7 Å². The van der Waals surface area contributed by atoms with Crippen molar-refractivity contribution < 1.29 is 21.6 Å². The Morgan fingerprint density at radius 2 is 1.96 bits per heavy atom. The number of nitrogens with one attached hydrogen (secondary N) is 1. The lowest BCUT2D eigenvalue weighted by molar-refractivity contribution is -0.137. The van der Waals surface area contributed by atoms with Crippen LogP contribution in [0.5, 0.6) is 0 Å². The zero-order valence-corrected chi connectivity index (χ0v) is 12.6. The molecule has 0 radical (unpaired) electrons. The Bertz CT molecular complexity index is 813. The summed E-state index contributed by atoms with van der Waals surface area (Å²) in [6.07, 6.45) is -1.99. The second kappa shape index (κ2) is 5.60. The number of hydrogen-bond donors (Lipinski definition) is 1. The van der Waals surface area contributed by atoms with Crippen LogP contribution in [0.2, 0.25) is 0 Å². The predicted molar refractivity (Wildman–Crippen MR) is 75.1 cm³/mol. The summed E-state index contributed by atoms with van der Waals surface area (Å²) in [5.41, 5.74) is -0.759. The molecule has 1 fully saturated rings. The van der Waals surface area contributed by atoms with Crippen molar-refractivity contribution in [1.82, 2.24) is 19.7 Å². The molecular formula is C13H13F3N4O2S. The Morgan fingerprint density at radius 1 is 1.26 bits per heavy atom. The van der Waals surface area contributed by atoms with Gasteiger partial charge in [0, 0.05) is 0 Å². The highest BCUT2D eigenvalue weighted by Gasteiger charge is 2.36. The molecule has 1 N–H and O–H groups in total. The molecule has 0 aliphatic heterocycles. The van der Waals surface area contributed by atoms with Crippen molar-refractivity contribution in [3.05, 3.63) is 41.7 Å². The minimum atomic E-state index is -4.52. The van der Waals surface area contributed by atoms with Gasteiger partial charge in [-0.05, 0) is 25.0 Å². The second-order valence-corrected chi connectivity index (χ2v) is 7.28. The van der Waals surface area contributed by atoms with Gasteiger partial charge in [0.1, 0.15) is 0 Å². The highest BCUT2D eigenvalue weighted by Crippen LogP contribution is 2.33. The largest absolute Gasteiger partial charge is 0.418 e. The quantitative estimate of drug-likeness (QED) is 0.897. The maximum absolute atomic E-state index is 13.0. The first-order valence-corrected chi connectivity index (χ1v) is 8.38. The fourth-order valence-electron chi connectivity index (χ4n) is 2.08. The SMILES string of the molecule is O=S(=O)(NCc1cn(-c2ccccc2C(F)(F)F)nn1)C1CC1. The molecule has 0 unspecified atom stereocenters. The van der Waals surface area contributed by atoms with Crippen molar-refractivity contribution in [1.29, 1.82) is 0 Å². The van der Waals surface area contributed by atoms with Crippen molar-refractivity contribution in [2.24, 2.45) is 0 Å². The summed E-state index contributed by atoms with van der Waals surface area (Å²) in [7, 11) is -3.38. The van der Waals surface area contributed by atoms with E-state index in [4.69, 9.17) is 0 Å². The number of rotatable bonds is 5. The standard InChI is InChI=1S/C13H13F3N4O2S/c14-13(15,16)11-3-1-2-4-12(11)20-8-9(18-19-20)7-17-23(21,22)10-5-6-10/h1-4,8,10,17H,5-7H2. The Morgan fingerprint density at radius 3 is 2.61 bits per heavy atom. The smallest absolute Gasteiger partial charge is 0.220 e. The summed E-state index contributed by atoms with van der Waals surface area (Å²) < 4.78 is 65.8. The topological polar surface area (TPSA) is 76.9 Å². The Kier molecular flexibility index (Phi) is 3.88. The first-order valence-electron chi connectivity index (χ1n) is 6.84. The molecule has 0 saturated heterocycles. The van der Waals surface area contributed by atoms with Crippen LogP contribution in [0.3, 0.4) is 0 Å². The van der Waals surface area contributed by atoms with E-state index in [-0.39, 0.29) is 23.2 Å². The minimum Gasteiger partial charge on any atom is -0.220 e. The van der Waals surface area contributed by atoms with E-state index >= 15 is 0 Å². The number of alkyl halides is 3. The van der Waals surface area contributed by atoms with Gasteiger partial charge in [-0.3, -0.25) is 0 Å². The van der Waals surface area contributed by atoms with E-state index in [1.54, 1.807) is 0 Å². The molecule has 10 heteroatoms. The lowest BCUT2D eigenvalue weighted by Crippen LogP contribution is -2.26. The molecule has 0 atom stereocenters. The summed E-state index contributed by atoms with van der Waals surface area (Å²) in [6, 6.07) is 4.97. The second-order valence-electron chi connectivity index (χ2n) is 5.23. The molecule has 23 heavy (non-hydrogen) atoms. The van der Waals surface area contributed by atoms with Crippen molar-refractivity contribution in [2.45, 2.75) is 30.8 Å². The third-order valence-electron chi connectivity index (χ3n) is 3.41. The van der Waals surface area contributed by atoms with Crippen LogP contribution in [-0.4, -0.2) is 28.7 Å². The van der Waals surface area contributed by atoms with Gasteiger partial charge in [0.15, 0.2) is 0 Å². The first-order chi connectivity index (χ1) is 10.8. The van der Waals surface area contributed by atoms with Crippen LogP contribution >= 0.6 is 0 Å². The summed E-state index contributed by atoms with van der Waals surface area (Å²) in [6.45, 7) is -0.104. The molecule has 1 aromatic heterocycles. The summed E-state index contributed by atoms with van der Waals surface area (Å²) in [5, 5.41) is 7.00. The number of para-hydroxylation sites is 1. The van der Waals surface area contributed by atoms with Crippen LogP contribution in [0.15, 0.2) is 30.5 Å². The minimum absolute atomic E-state index is 0.104. The fourth-order valence-corrected chi connectivity index (χ4v) is 3.42. The Hall–Kier alpha value is -1.94. The van der Waals surface area contributed by atoms with E-state index in [0.29, 0.717) is 12.8 Å². The van der Waals surface area contributed by atoms with Crippen LogP contribution in [0, 0.1) is 0 Å². The molecule has 1 heterocycles. The van der Waals surface area contributed by atoms with E-state index in [1.165, 1.54) is 24.4 Å². The Balaban J connectivity index is 1.80.